The zero-order chi connectivity index (χ0) is 20.8. The lowest BCUT2D eigenvalue weighted by molar-refractivity contribution is 0.0565. The van der Waals surface area contributed by atoms with E-state index in [1.807, 2.05) is 36.4 Å². The van der Waals surface area contributed by atoms with Crippen molar-refractivity contribution in [1.29, 1.82) is 0 Å². The topological polar surface area (TPSA) is 75.4 Å². The van der Waals surface area contributed by atoms with Crippen molar-refractivity contribution in [3.8, 4) is 5.75 Å². The van der Waals surface area contributed by atoms with Gasteiger partial charge in [0.15, 0.2) is 11.4 Å². The normalized spacial score (nSPS) is 21.2. The van der Waals surface area contributed by atoms with Gasteiger partial charge in [-0.1, -0.05) is 42.5 Å². The van der Waals surface area contributed by atoms with Crippen molar-refractivity contribution in [2.24, 2.45) is 0 Å². The van der Waals surface area contributed by atoms with Crippen LogP contribution in [0.25, 0.3) is 0 Å². The minimum atomic E-state index is -0.687. The molecule has 0 unspecified atom stereocenters. The zero-order valence-corrected chi connectivity index (χ0v) is 16.1. The molecule has 0 spiro atoms. The first-order valence-electron chi connectivity index (χ1n) is 9.98. The van der Waals surface area contributed by atoms with Crippen LogP contribution in [0.5, 0.6) is 5.75 Å². The minimum absolute atomic E-state index is 0.0945. The molecule has 3 aromatic rings. The molecule has 1 aromatic heterocycles. The predicted octanol–water partition coefficient (Wildman–Crippen LogP) is 3.08. The number of aromatic nitrogens is 2. The summed E-state index contributed by atoms with van der Waals surface area (Å²) in [4.78, 5) is 26.8. The SMILES string of the molecule is O=C1c2c(O)c(=O)cnn2[C@@H]([C@H](c2ccccc2)c2cccc(F)c2)[C@H]2CCCN12. The summed E-state index contributed by atoms with van der Waals surface area (Å²) < 4.78 is 15.7. The van der Waals surface area contributed by atoms with E-state index < -0.39 is 17.2 Å². The molecule has 6 nitrogen and oxygen atoms in total. The van der Waals surface area contributed by atoms with Crippen LogP contribution >= 0.6 is 0 Å². The summed E-state index contributed by atoms with van der Waals surface area (Å²) in [5.41, 5.74) is 0.912. The van der Waals surface area contributed by atoms with Crippen LogP contribution in [0.3, 0.4) is 0 Å². The molecule has 7 heteroatoms. The van der Waals surface area contributed by atoms with E-state index in [4.69, 9.17) is 0 Å². The number of hydrogen-bond donors (Lipinski definition) is 1. The monoisotopic (exact) mass is 405 g/mol. The van der Waals surface area contributed by atoms with Gasteiger partial charge in [-0.2, -0.15) is 5.10 Å². The third-order valence-electron chi connectivity index (χ3n) is 6.13. The molecule has 30 heavy (non-hydrogen) atoms. The Labute approximate surface area is 172 Å². The fourth-order valence-corrected chi connectivity index (χ4v) is 4.89. The van der Waals surface area contributed by atoms with Crippen LogP contribution in [0.1, 0.15) is 46.4 Å². The molecule has 0 saturated carbocycles. The molecular formula is C23H20FN3O3. The summed E-state index contributed by atoms with van der Waals surface area (Å²) in [5, 5.41) is 14.7. The molecule has 1 amide bonds. The van der Waals surface area contributed by atoms with Gasteiger partial charge in [-0.15, -0.1) is 0 Å². The molecule has 3 atom stereocenters. The molecule has 0 radical (unpaired) electrons. The summed E-state index contributed by atoms with van der Waals surface area (Å²) in [7, 11) is 0. The van der Waals surface area contributed by atoms with E-state index in [0.29, 0.717) is 6.54 Å². The lowest BCUT2D eigenvalue weighted by Gasteiger charge is -2.42. The first kappa shape index (κ1) is 18.5. The first-order chi connectivity index (χ1) is 14.6. The number of aromatic hydroxyl groups is 1. The molecule has 3 heterocycles. The summed E-state index contributed by atoms with van der Waals surface area (Å²) in [6.45, 7) is 0.549. The fourth-order valence-electron chi connectivity index (χ4n) is 4.89. The second-order valence-electron chi connectivity index (χ2n) is 7.79. The average molecular weight is 405 g/mol. The molecule has 152 valence electrons. The molecule has 5 rings (SSSR count). The maximum Gasteiger partial charge on any atom is 0.276 e. The van der Waals surface area contributed by atoms with Crippen molar-refractivity contribution >= 4 is 5.91 Å². The van der Waals surface area contributed by atoms with Gasteiger partial charge in [-0.05, 0) is 36.1 Å². The van der Waals surface area contributed by atoms with Gasteiger partial charge >= 0.3 is 0 Å². The maximum atomic E-state index is 14.2. The van der Waals surface area contributed by atoms with Crippen LogP contribution in [0.4, 0.5) is 4.39 Å². The molecule has 0 bridgehead atoms. The highest BCUT2D eigenvalue weighted by molar-refractivity contribution is 5.96. The first-order valence-corrected chi connectivity index (χ1v) is 9.98. The summed E-state index contributed by atoms with van der Waals surface area (Å²) in [5.74, 6) is -1.65. The molecule has 0 aliphatic carbocycles. The maximum absolute atomic E-state index is 14.2. The Bertz CT molecular complexity index is 1180. The number of rotatable bonds is 3. The molecule has 1 N–H and O–H groups in total. The van der Waals surface area contributed by atoms with Crippen LogP contribution in [0.2, 0.25) is 0 Å². The number of hydrogen-bond acceptors (Lipinski definition) is 4. The van der Waals surface area contributed by atoms with E-state index in [-0.39, 0.29) is 29.4 Å². The van der Waals surface area contributed by atoms with Crippen LogP contribution in [0, 0.1) is 5.82 Å². The van der Waals surface area contributed by atoms with Gasteiger partial charge in [0, 0.05) is 12.5 Å². The van der Waals surface area contributed by atoms with Crippen molar-refractivity contribution in [2.75, 3.05) is 6.54 Å². The Morgan fingerprint density at radius 2 is 1.83 bits per heavy atom. The van der Waals surface area contributed by atoms with Gasteiger partial charge in [0.05, 0.1) is 18.3 Å². The third kappa shape index (κ3) is 2.81. The second kappa shape index (κ2) is 7.09. The number of benzene rings is 2. The van der Waals surface area contributed by atoms with Crippen molar-refractivity contribution in [3.05, 3.63) is 93.7 Å². The highest BCUT2D eigenvalue weighted by Crippen LogP contribution is 2.45. The number of carbonyl (C=O) groups excluding carboxylic acids is 1. The smallest absolute Gasteiger partial charge is 0.276 e. The highest BCUT2D eigenvalue weighted by atomic mass is 19.1. The van der Waals surface area contributed by atoms with Gasteiger partial charge in [0.1, 0.15) is 5.82 Å². The average Bonchev–Trinajstić information content (AvgIpc) is 3.24. The standard InChI is InChI=1S/C23H20FN3O3/c24-16-9-4-8-15(12-16)19(14-6-2-1-3-7-14)20-17-10-5-11-26(17)23(30)21-22(29)18(28)13-25-27(20)21/h1-4,6-9,12-13,17,19-20,29H,5,10-11H2/t17-,19-,20-/m1/s1. The molecule has 2 aliphatic heterocycles. The van der Waals surface area contributed by atoms with Crippen molar-refractivity contribution in [1.82, 2.24) is 14.7 Å². The summed E-state index contributed by atoms with van der Waals surface area (Å²) in [6.07, 6.45) is 2.62. The van der Waals surface area contributed by atoms with Crippen LogP contribution in [-0.4, -0.2) is 38.3 Å². The Balaban J connectivity index is 1.78. The van der Waals surface area contributed by atoms with Crippen LogP contribution < -0.4 is 5.43 Å². The van der Waals surface area contributed by atoms with Crippen LogP contribution in [0.15, 0.2) is 65.6 Å². The lowest BCUT2D eigenvalue weighted by atomic mass is 9.80. The molecule has 1 saturated heterocycles. The van der Waals surface area contributed by atoms with E-state index in [0.717, 1.165) is 30.2 Å². The van der Waals surface area contributed by atoms with Crippen molar-refractivity contribution in [2.45, 2.75) is 30.8 Å². The third-order valence-corrected chi connectivity index (χ3v) is 6.13. The van der Waals surface area contributed by atoms with Crippen molar-refractivity contribution < 1.29 is 14.3 Å². The zero-order valence-electron chi connectivity index (χ0n) is 16.1. The number of fused-ring (bicyclic) bond motifs is 2. The van der Waals surface area contributed by atoms with E-state index in [2.05, 4.69) is 5.10 Å². The minimum Gasteiger partial charge on any atom is -0.502 e. The fraction of sp³-hybridized carbons (Fsp3) is 0.261. The van der Waals surface area contributed by atoms with E-state index in [1.165, 1.54) is 16.8 Å². The van der Waals surface area contributed by atoms with Gasteiger partial charge in [0.2, 0.25) is 5.43 Å². The van der Waals surface area contributed by atoms with Gasteiger partial charge in [-0.25, -0.2) is 4.39 Å². The van der Waals surface area contributed by atoms with E-state index >= 15 is 0 Å². The van der Waals surface area contributed by atoms with Crippen molar-refractivity contribution in [3.63, 3.8) is 0 Å². The Morgan fingerprint density at radius 3 is 2.60 bits per heavy atom. The van der Waals surface area contributed by atoms with Gasteiger partial charge in [0.25, 0.3) is 5.91 Å². The summed E-state index contributed by atoms with van der Waals surface area (Å²) >= 11 is 0. The molecule has 1 fully saturated rings. The quantitative estimate of drug-likeness (QED) is 0.727. The van der Waals surface area contributed by atoms with E-state index in [1.54, 1.807) is 11.0 Å². The van der Waals surface area contributed by atoms with Gasteiger partial charge < -0.3 is 10.0 Å². The number of carbonyl (C=O) groups is 1. The predicted molar refractivity (Wildman–Crippen MR) is 108 cm³/mol. The van der Waals surface area contributed by atoms with Gasteiger partial charge in [-0.3, -0.25) is 14.3 Å². The number of halogens is 1. The highest BCUT2D eigenvalue weighted by Gasteiger charge is 2.48. The van der Waals surface area contributed by atoms with E-state index in [9.17, 15) is 19.1 Å². The Morgan fingerprint density at radius 1 is 1.07 bits per heavy atom. The Kier molecular flexibility index (Phi) is 4.38. The van der Waals surface area contributed by atoms with Crippen LogP contribution in [-0.2, 0) is 0 Å². The second-order valence-corrected chi connectivity index (χ2v) is 7.79. The largest absolute Gasteiger partial charge is 0.502 e. The lowest BCUT2D eigenvalue weighted by Crippen LogP contribution is -2.50. The molecular weight excluding hydrogens is 385 g/mol. The molecule has 2 aromatic carbocycles. The number of amides is 1. The summed E-state index contributed by atoms with van der Waals surface area (Å²) in [6, 6.07) is 15.5. The Hall–Kier alpha value is -3.48. The number of nitrogens with zero attached hydrogens (tertiary/aromatic N) is 3. The molecule has 2 aliphatic rings.